The van der Waals surface area contributed by atoms with Gasteiger partial charge in [-0.25, -0.2) is 14.4 Å². The highest BCUT2D eigenvalue weighted by molar-refractivity contribution is 6.08. The first-order valence-corrected chi connectivity index (χ1v) is 7.23. The lowest BCUT2D eigenvalue weighted by molar-refractivity contribution is -0.0181. The summed E-state index contributed by atoms with van der Waals surface area (Å²) in [5, 5.41) is 27.4. The Hall–Kier alpha value is -2.30. The highest BCUT2D eigenvalue weighted by Gasteiger charge is 2.50. The van der Waals surface area contributed by atoms with Crippen LogP contribution in [0.25, 0.3) is 11.0 Å². The molecule has 0 aliphatic carbocycles. The molecule has 3 heterocycles. The molecule has 0 spiro atoms. The van der Waals surface area contributed by atoms with Crippen molar-refractivity contribution >= 4 is 22.7 Å². The number of ether oxygens (including phenoxy) is 2. The van der Waals surface area contributed by atoms with Crippen molar-refractivity contribution in [2.24, 2.45) is 0 Å². The van der Waals surface area contributed by atoms with Crippen LogP contribution in [0, 0.1) is 5.41 Å². The van der Waals surface area contributed by atoms with Gasteiger partial charge in [-0.15, -0.1) is 0 Å². The van der Waals surface area contributed by atoms with Crippen LogP contribution in [-0.2, 0) is 16.0 Å². The number of fused-ring (bicyclic) bond motifs is 1. The Morgan fingerprint density at radius 3 is 3.00 bits per heavy atom. The van der Waals surface area contributed by atoms with Gasteiger partial charge < -0.3 is 30.0 Å². The van der Waals surface area contributed by atoms with Gasteiger partial charge in [-0.1, -0.05) is 0 Å². The van der Waals surface area contributed by atoms with Gasteiger partial charge in [0, 0.05) is 6.20 Å². The highest BCUT2D eigenvalue weighted by atomic mass is 19.1. The van der Waals surface area contributed by atoms with E-state index in [-0.39, 0.29) is 24.9 Å². The predicted molar refractivity (Wildman–Crippen MR) is 82.4 cm³/mol. The molecular weight excluding hydrogens is 321 g/mol. The molecular formula is C14H18FN5O4. The van der Waals surface area contributed by atoms with Crippen molar-refractivity contribution in [1.29, 1.82) is 5.41 Å². The van der Waals surface area contributed by atoms with E-state index in [1.807, 2.05) is 0 Å². The Morgan fingerprint density at radius 2 is 2.38 bits per heavy atom. The number of nitrogen functional groups attached to an aromatic ring is 1. The van der Waals surface area contributed by atoms with Gasteiger partial charge in [0.15, 0.2) is 5.67 Å². The van der Waals surface area contributed by atoms with Gasteiger partial charge in [0.05, 0.1) is 37.8 Å². The fraction of sp³-hybridized carbons (Fsp3) is 0.500. The molecule has 1 aliphatic heterocycles. The van der Waals surface area contributed by atoms with E-state index in [1.165, 1.54) is 24.2 Å². The molecule has 24 heavy (non-hydrogen) atoms. The number of aliphatic hydroxyl groups excluding tert-OH is 2. The van der Waals surface area contributed by atoms with Gasteiger partial charge in [0.2, 0.25) is 5.90 Å². The molecule has 0 aromatic carbocycles. The summed E-state index contributed by atoms with van der Waals surface area (Å²) in [7, 11) is 1.34. The zero-order valence-corrected chi connectivity index (χ0v) is 12.9. The minimum absolute atomic E-state index is 0.139. The second kappa shape index (κ2) is 5.96. The number of aliphatic hydroxyl groups is 2. The van der Waals surface area contributed by atoms with Crippen molar-refractivity contribution in [2.45, 2.75) is 24.4 Å². The van der Waals surface area contributed by atoms with Crippen molar-refractivity contribution in [2.75, 3.05) is 26.1 Å². The third kappa shape index (κ3) is 2.48. The number of anilines is 1. The molecule has 130 valence electrons. The maximum absolute atomic E-state index is 15.1. The third-order valence-electron chi connectivity index (χ3n) is 4.16. The van der Waals surface area contributed by atoms with E-state index in [2.05, 4.69) is 9.97 Å². The van der Waals surface area contributed by atoms with Gasteiger partial charge in [0.1, 0.15) is 30.0 Å². The van der Waals surface area contributed by atoms with Gasteiger partial charge in [0.25, 0.3) is 0 Å². The van der Waals surface area contributed by atoms with Crippen LogP contribution in [0.4, 0.5) is 10.2 Å². The Balaban J connectivity index is 2.05. The number of rotatable bonds is 4. The Morgan fingerprint density at radius 1 is 1.62 bits per heavy atom. The van der Waals surface area contributed by atoms with E-state index >= 15 is 4.39 Å². The first-order chi connectivity index (χ1) is 11.4. The summed E-state index contributed by atoms with van der Waals surface area (Å²) in [6, 6.07) is 0. The fourth-order valence-corrected chi connectivity index (χ4v) is 2.88. The summed E-state index contributed by atoms with van der Waals surface area (Å²) in [6.45, 7) is -1.13. The topological polar surface area (TPSA) is 140 Å². The van der Waals surface area contributed by atoms with Crippen molar-refractivity contribution in [3.63, 3.8) is 0 Å². The summed E-state index contributed by atoms with van der Waals surface area (Å²) in [6.07, 6.45) is 0.247. The summed E-state index contributed by atoms with van der Waals surface area (Å²) in [5.74, 6) is -0.0236. The molecule has 0 radical (unpaired) electrons. The second-order valence-corrected chi connectivity index (χ2v) is 5.67. The number of methoxy groups -OCH3 is 1. The van der Waals surface area contributed by atoms with E-state index in [1.54, 1.807) is 0 Å². The first-order valence-electron chi connectivity index (χ1n) is 7.23. The standard InChI is InChI=1S/C14H18FN5O4/c1-23-12(17)7-2-20(13-9(7)11(16)18-6-19-13)4-14(15)5-24-8(3-21)10(14)22/h2,6,8,10,17,21-22H,3-5H2,1H3,(H2,16,18,19). The monoisotopic (exact) mass is 339 g/mol. The number of alkyl halides is 1. The minimum atomic E-state index is -2.11. The van der Waals surface area contributed by atoms with Crippen LogP contribution in [0.1, 0.15) is 5.56 Å². The van der Waals surface area contributed by atoms with Crippen molar-refractivity contribution in [3.8, 4) is 0 Å². The van der Waals surface area contributed by atoms with Gasteiger partial charge in [-0.05, 0) is 0 Å². The van der Waals surface area contributed by atoms with Crippen LogP contribution in [0.15, 0.2) is 12.5 Å². The lowest BCUT2D eigenvalue weighted by Crippen LogP contribution is -2.44. The van der Waals surface area contributed by atoms with Crippen LogP contribution in [-0.4, -0.2) is 68.8 Å². The first kappa shape index (κ1) is 16.6. The van der Waals surface area contributed by atoms with Crippen molar-refractivity contribution < 1.29 is 24.1 Å². The van der Waals surface area contributed by atoms with Crippen LogP contribution in [0.5, 0.6) is 0 Å². The smallest absolute Gasteiger partial charge is 0.215 e. The molecule has 1 fully saturated rings. The molecule has 1 saturated heterocycles. The van der Waals surface area contributed by atoms with Gasteiger partial charge in [-0.2, -0.15) is 0 Å². The molecule has 10 heteroatoms. The zero-order chi connectivity index (χ0) is 17.5. The maximum atomic E-state index is 15.1. The van der Waals surface area contributed by atoms with E-state index in [4.69, 9.17) is 25.7 Å². The largest absolute Gasteiger partial charge is 0.481 e. The van der Waals surface area contributed by atoms with Crippen molar-refractivity contribution in [3.05, 3.63) is 18.1 Å². The number of halogens is 1. The van der Waals surface area contributed by atoms with Crippen LogP contribution in [0.2, 0.25) is 0 Å². The number of hydrogen-bond donors (Lipinski definition) is 4. The van der Waals surface area contributed by atoms with Gasteiger partial charge in [-0.3, -0.25) is 5.41 Å². The molecule has 2 aromatic rings. The Kier molecular flexibility index (Phi) is 4.11. The molecule has 1 aliphatic rings. The normalized spacial score (nSPS) is 26.8. The Bertz CT molecular complexity index is 782. The molecule has 0 amide bonds. The van der Waals surface area contributed by atoms with E-state index < -0.39 is 24.5 Å². The number of aromatic nitrogens is 3. The summed E-state index contributed by atoms with van der Waals surface area (Å²) in [5.41, 5.74) is 4.39. The molecule has 0 bridgehead atoms. The number of nitrogens with zero attached hydrogens (tertiary/aromatic N) is 3. The predicted octanol–water partition coefficient (Wildman–Crippen LogP) is -0.554. The van der Waals surface area contributed by atoms with Gasteiger partial charge >= 0.3 is 0 Å². The SMILES string of the molecule is COC(=N)c1cn(CC2(F)COC(CO)C2O)c2ncnc(N)c12. The molecule has 2 aromatic heterocycles. The second-order valence-electron chi connectivity index (χ2n) is 5.67. The van der Waals surface area contributed by atoms with E-state index in [0.717, 1.165) is 0 Å². The summed E-state index contributed by atoms with van der Waals surface area (Å²) < 4.78 is 26.5. The lowest BCUT2D eigenvalue weighted by Gasteiger charge is -2.24. The quantitative estimate of drug-likeness (QED) is 0.433. The van der Waals surface area contributed by atoms with E-state index in [0.29, 0.717) is 16.6 Å². The zero-order valence-electron chi connectivity index (χ0n) is 12.9. The fourth-order valence-electron chi connectivity index (χ4n) is 2.88. The van der Waals surface area contributed by atoms with Crippen LogP contribution >= 0.6 is 0 Å². The highest BCUT2D eigenvalue weighted by Crippen LogP contribution is 2.33. The summed E-state index contributed by atoms with van der Waals surface area (Å²) in [4.78, 5) is 7.99. The number of hydrogen-bond acceptors (Lipinski definition) is 8. The maximum Gasteiger partial charge on any atom is 0.215 e. The van der Waals surface area contributed by atoms with E-state index in [9.17, 15) is 5.11 Å². The molecule has 3 atom stereocenters. The Labute approximate surface area is 136 Å². The number of nitrogens with one attached hydrogen (secondary N) is 1. The molecule has 5 N–H and O–H groups in total. The van der Waals surface area contributed by atoms with Crippen molar-refractivity contribution in [1.82, 2.24) is 14.5 Å². The molecule has 9 nitrogen and oxygen atoms in total. The minimum Gasteiger partial charge on any atom is -0.481 e. The average Bonchev–Trinajstić information content (AvgIpc) is 3.07. The van der Waals surface area contributed by atoms with Crippen LogP contribution < -0.4 is 5.73 Å². The summed E-state index contributed by atoms with van der Waals surface area (Å²) >= 11 is 0. The lowest BCUT2D eigenvalue weighted by atomic mass is 9.98. The molecule has 0 saturated carbocycles. The molecule has 3 rings (SSSR count). The molecule has 3 unspecified atom stereocenters. The number of nitrogens with two attached hydrogens (primary N) is 1. The van der Waals surface area contributed by atoms with Crippen LogP contribution in [0.3, 0.4) is 0 Å². The average molecular weight is 339 g/mol. The third-order valence-corrected chi connectivity index (χ3v) is 4.16.